The van der Waals surface area contributed by atoms with E-state index >= 15 is 0 Å². The van der Waals surface area contributed by atoms with Crippen molar-refractivity contribution in [3.63, 3.8) is 0 Å². The lowest BCUT2D eigenvalue weighted by Gasteiger charge is -2.17. The number of halogens is 3. The predicted octanol–water partition coefficient (Wildman–Crippen LogP) is 5.95. The lowest BCUT2D eigenvalue weighted by Crippen LogP contribution is -2.26. The van der Waals surface area contributed by atoms with Crippen molar-refractivity contribution in [2.45, 2.75) is 17.3 Å². The molecule has 1 heterocycles. The number of hydrogen-bond donors (Lipinski definition) is 1. The molecule has 0 aliphatic heterocycles. The highest BCUT2D eigenvalue weighted by molar-refractivity contribution is 8.00. The summed E-state index contributed by atoms with van der Waals surface area (Å²) in [5, 5.41) is 3.37. The highest BCUT2D eigenvalue weighted by Crippen LogP contribution is 2.29. The van der Waals surface area contributed by atoms with Crippen LogP contribution in [0.4, 0.5) is 10.1 Å². The van der Waals surface area contributed by atoms with Gasteiger partial charge in [0, 0.05) is 5.02 Å². The SMILES string of the molecule is CC(Sc1nc2ccccc2c(=O)n1-c1ccccc1F)C(=O)Nc1ccc(Cl)cc1Cl. The largest absolute Gasteiger partial charge is 0.324 e. The van der Waals surface area contributed by atoms with Crippen LogP contribution in [0.1, 0.15) is 6.92 Å². The van der Waals surface area contributed by atoms with E-state index in [2.05, 4.69) is 10.3 Å². The van der Waals surface area contributed by atoms with Crippen molar-refractivity contribution in [2.24, 2.45) is 0 Å². The molecule has 0 spiro atoms. The zero-order valence-electron chi connectivity index (χ0n) is 16.7. The van der Waals surface area contributed by atoms with Gasteiger partial charge in [0.25, 0.3) is 5.56 Å². The predicted molar refractivity (Wildman–Crippen MR) is 128 cm³/mol. The fourth-order valence-corrected chi connectivity index (χ4v) is 4.45. The number of anilines is 1. The summed E-state index contributed by atoms with van der Waals surface area (Å²) in [7, 11) is 0. The van der Waals surface area contributed by atoms with Crippen LogP contribution in [-0.2, 0) is 4.79 Å². The molecule has 0 radical (unpaired) electrons. The maximum atomic E-state index is 14.6. The Morgan fingerprint density at radius 1 is 1.09 bits per heavy atom. The van der Waals surface area contributed by atoms with Gasteiger partial charge in [-0.3, -0.25) is 14.2 Å². The monoisotopic (exact) mass is 487 g/mol. The topological polar surface area (TPSA) is 64.0 Å². The number of benzene rings is 3. The molecule has 32 heavy (non-hydrogen) atoms. The molecule has 9 heteroatoms. The first-order chi connectivity index (χ1) is 15.3. The Hall–Kier alpha value is -2.87. The lowest BCUT2D eigenvalue weighted by atomic mass is 10.2. The molecule has 0 fully saturated rings. The second-order valence-electron chi connectivity index (χ2n) is 6.88. The van der Waals surface area contributed by atoms with Crippen LogP contribution in [0.5, 0.6) is 0 Å². The van der Waals surface area contributed by atoms with Crippen molar-refractivity contribution in [3.8, 4) is 5.69 Å². The summed E-state index contributed by atoms with van der Waals surface area (Å²) in [6.07, 6.45) is 0. The van der Waals surface area contributed by atoms with Crippen LogP contribution in [0.3, 0.4) is 0 Å². The van der Waals surface area contributed by atoms with Gasteiger partial charge in [-0.1, -0.05) is 59.2 Å². The summed E-state index contributed by atoms with van der Waals surface area (Å²) >= 11 is 13.1. The van der Waals surface area contributed by atoms with Gasteiger partial charge >= 0.3 is 0 Å². The molecule has 0 saturated heterocycles. The number of nitrogens with zero attached hydrogens (tertiary/aromatic N) is 2. The minimum atomic E-state index is -0.673. The Morgan fingerprint density at radius 2 is 1.81 bits per heavy atom. The summed E-state index contributed by atoms with van der Waals surface area (Å²) in [6, 6.07) is 17.5. The van der Waals surface area contributed by atoms with Gasteiger partial charge in [0.05, 0.1) is 32.6 Å². The average molecular weight is 488 g/mol. The number of amides is 1. The van der Waals surface area contributed by atoms with Crippen LogP contribution in [0.25, 0.3) is 16.6 Å². The number of thioether (sulfide) groups is 1. The molecule has 1 amide bonds. The van der Waals surface area contributed by atoms with Crippen LogP contribution in [0, 0.1) is 5.82 Å². The van der Waals surface area contributed by atoms with Gasteiger partial charge in [-0.2, -0.15) is 0 Å². The number of rotatable bonds is 5. The summed E-state index contributed by atoms with van der Waals surface area (Å²) in [4.78, 5) is 30.6. The summed E-state index contributed by atoms with van der Waals surface area (Å²) in [5.41, 5.74) is 0.510. The van der Waals surface area contributed by atoms with E-state index < -0.39 is 16.6 Å². The average Bonchev–Trinajstić information content (AvgIpc) is 2.77. The molecule has 3 aromatic carbocycles. The molecule has 0 bridgehead atoms. The summed E-state index contributed by atoms with van der Waals surface area (Å²) in [5.74, 6) is -0.930. The Morgan fingerprint density at radius 3 is 2.56 bits per heavy atom. The van der Waals surface area contributed by atoms with E-state index in [9.17, 15) is 14.0 Å². The molecule has 1 N–H and O–H groups in total. The quantitative estimate of drug-likeness (QED) is 0.279. The molecule has 0 aliphatic rings. The normalized spacial score (nSPS) is 12.0. The van der Waals surface area contributed by atoms with Crippen molar-refractivity contribution in [3.05, 3.63) is 92.9 Å². The molecular weight excluding hydrogens is 472 g/mol. The first-order valence-corrected chi connectivity index (χ1v) is 11.2. The minimum Gasteiger partial charge on any atom is -0.324 e. The van der Waals surface area contributed by atoms with E-state index in [0.29, 0.717) is 26.6 Å². The fourth-order valence-electron chi connectivity index (χ4n) is 3.07. The van der Waals surface area contributed by atoms with Crippen LogP contribution in [0.2, 0.25) is 10.0 Å². The molecule has 5 nitrogen and oxygen atoms in total. The fraction of sp³-hybridized carbons (Fsp3) is 0.0870. The molecule has 1 aromatic heterocycles. The molecule has 4 rings (SSSR count). The van der Waals surface area contributed by atoms with E-state index in [1.54, 1.807) is 49.4 Å². The third-order valence-corrected chi connectivity index (χ3v) is 6.28. The van der Waals surface area contributed by atoms with Gasteiger partial charge < -0.3 is 5.32 Å². The Kier molecular flexibility index (Phi) is 6.50. The second-order valence-corrected chi connectivity index (χ2v) is 9.03. The standard InChI is InChI=1S/C23H16Cl2FN3O2S/c1-13(21(30)27-19-11-10-14(24)12-16(19)25)32-23-28-18-8-4-2-6-15(18)22(31)29(23)20-9-5-3-7-17(20)26/h2-13H,1H3,(H,27,30). The maximum absolute atomic E-state index is 14.6. The molecule has 4 aromatic rings. The van der Waals surface area contributed by atoms with Crippen molar-refractivity contribution >= 4 is 57.5 Å². The van der Waals surface area contributed by atoms with Gasteiger partial charge in [0.2, 0.25) is 5.91 Å². The maximum Gasteiger partial charge on any atom is 0.266 e. The summed E-state index contributed by atoms with van der Waals surface area (Å²) in [6.45, 7) is 1.66. The van der Waals surface area contributed by atoms with Crippen molar-refractivity contribution < 1.29 is 9.18 Å². The van der Waals surface area contributed by atoms with Crippen molar-refractivity contribution in [2.75, 3.05) is 5.32 Å². The van der Waals surface area contributed by atoms with Gasteiger partial charge in [-0.25, -0.2) is 9.37 Å². The van der Waals surface area contributed by atoms with Crippen LogP contribution >= 0.6 is 35.0 Å². The van der Waals surface area contributed by atoms with Crippen molar-refractivity contribution in [1.82, 2.24) is 9.55 Å². The second kappa shape index (κ2) is 9.32. The van der Waals surface area contributed by atoms with Gasteiger partial charge in [0.1, 0.15) is 5.82 Å². The number of aromatic nitrogens is 2. The molecule has 0 aliphatic carbocycles. The van der Waals surface area contributed by atoms with E-state index in [1.807, 2.05) is 0 Å². The van der Waals surface area contributed by atoms with Crippen molar-refractivity contribution in [1.29, 1.82) is 0 Å². The molecular formula is C23H16Cl2FN3O2S. The van der Waals surface area contributed by atoms with Gasteiger partial charge in [-0.05, 0) is 49.4 Å². The first-order valence-electron chi connectivity index (χ1n) is 9.54. The number of carbonyl (C=O) groups is 1. The smallest absolute Gasteiger partial charge is 0.266 e. The molecule has 1 unspecified atom stereocenters. The number of nitrogens with one attached hydrogen (secondary N) is 1. The third-order valence-electron chi connectivity index (χ3n) is 4.68. The third kappa shape index (κ3) is 4.50. The Labute approximate surface area is 197 Å². The van der Waals surface area contributed by atoms with Crippen LogP contribution in [-0.4, -0.2) is 20.7 Å². The lowest BCUT2D eigenvalue weighted by molar-refractivity contribution is -0.115. The molecule has 0 saturated carbocycles. The zero-order valence-corrected chi connectivity index (χ0v) is 19.0. The Bertz CT molecular complexity index is 1390. The number of para-hydroxylation sites is 2. The van der Waals surface area contributed by atoms with E-state index in [0.717, 1.165) is 11.8 Å². The van der Waals surface area contributed by atoms with E-state index in [-0.39, 0.29) is 16.8 Å². The van der Waals surface area contributed by atoms with E-state index in [4.69, 9.17) is 23.2 Å². The first kappa shape index (κ1) is 22.3. The molecule has 162 valence electrons. The highest BCUT2D eigenvalue weighted by Gasteiger charge is 2.22. The van der Waals surface area contributed by atoms with Gasteiger partial charge in [-0.15, -0.1) is 0 Å². The molecule has 1 atom stereocenters. The Balaban J connectivity index is 1.73. The summed E-state index contributed by atoms with van der Waals surface area (Å²) < 4.78 is 15.8. The number of hydrogen-bond acceptors (Lipinski definition) is 4. The van der Waals surface area contributed by atoms with Crippen LogP contribution in [0.15, 0.2) is 76.7 Å². The number of fused-ring (bicyclic) bond motifs is 1. The number of carbonyl (C=O) groups excluding carboxylic acids is 1. The minimum absolute atomic E-state index is 0.0617. The van der Waals surface area contributed by atoms with Gasteiger partial charge in [0.15, 0.2) is 5.16 Å². The zero-order chi connectivity index (χ0) is 22.8. The van der Waals surface area contributed by atoms with E-state index in [1.165, 1.54) is 28.8 Å². The highest BCUT2D eigenvalue weighted by atomic mass is 35.5. The van der Waals surface area contributed by atoms with Crippen LogP contribution < -0.4 is 10.9 Å².